The van der Waals surface area contributed by atoms with Crippen LogP contribution < -0.4 is 0 Å². The van der Waals surface area contributed by atoms with Crippen LogP contribution in [0.1, 0.15) is 121 Å². The fraction of sp³-hybridized carbons (Fsp3) is 0.703. The second-order valence-electron chi connectivity index (χ2n) is 15.2. The van der Waals surface area contributed by atoms with Crippen LogP contribution in [0.25, 0.3) is 5.57 Å². The molecule has 0 bridgehead atoms. The van der Waals surface area contributed by atoms with Gasteiger partial charge in [-0.05, 0) is 139 Å². The average Bonchev–Trinajstić information content (AvgIpc) is 3.36. The third-order valence-electron chi connectivity index (χ3n) is 13.5. The zero-order valence-electron chi connectivity index (χ0n) is 25.5. The van der Waals surface area contributed by atoms with Gasteiger partial charge in [0, 0.05) is 0 Å². The van der Waals surface area contributed by atoms with Crippen molar-refractivity contribution in [3.63, 3.8) is 0 Å². The molecule has 1 aromatic rings. The fourth-order valence-electron chi connectivity index (χ4n) is 11.9. The van der Waals surface area contributed by atoms with E-state index in [-0.39, 0.29) is 11.4 Å². The van der Waals surface area contributed by atoms with Gasteiger partial charge in [0.05, 0.1) is 12.7 Å². The number of methoxy groups -OCH3 is 1. The highest BCUT2D eigenvalue weighted by atomic mass is 16.5. The summed E-state index contributed by atoms with van der Waals surface area (Å²) in [5.74, 6) is 4.06. The molecule has 0 heterocycles. The van der Waals surface area contributed by atoms with Crippen LogP contribution in [0.4, 0.5) is 0 Å². The first-order chi connectivity index (χ1) is 18.6. The van der Waals surface area contributed by atoms with Gasteiger partial charge in [-0.15, -0.1) is 0 Å². The lowest BCUT2D eigenvalue weighted by Gasteiger charge is -2.68. The minimum absolute atomic E-state index is 0.121. The topological polar surface area (TPSA) is 26.3 Å². The minimum Gasteiger partial charge on any atom is -0.465 e. The molecule has 0 radical (unpaired) electrons. The zero-order valence-corrected chi connectivity index (χ0v) is 25.5. The maximum atomic E-state index is 12.0. The Morgan fingerprint density at radius 3 is 2.38 bits per heavy atom. The molecule has 0 saturated heterocycles. The van der Waals surface area contributed by atoms with Gasteiger partial charge in [-0.2, -0.15) is 0 Å². The molecule has 0 aliphatic heterocycles. The van der Waals surface area contributed by atoms with Crippen LogP contribution >= 0.6 is 0 Å². The Labute approximate surface area is 238 Å². The Morgan fingerprint density at radius 1 is 0.897 bits per heavy atom. The molecule has 6 rings (SSSR count). The Morgan fingerprint density at radius 2 is 1.67 bits per heavy atom. The molecule has 0 amide bonds. The summed E-state index contributed by atoms with van der Waals surface area (Å²) in [6.07, 6.45) is 23.1. The number of esters is 1. The molecular weight excluding hydrogens is 476 g/mol. The summed E-state index contributed by atoms with van der Waals surface area (Å²) >= 11 is 0. The molecule has 0 aromatic heterocycles. The lowest BCUT2D eigenvalue weighted by atomic mass is 9.36. The van der Waals surface area contributed by atoms with Gasteiger partial charge in [0.25, 0.3) is 0 Å². The molecule has 4 fully saturated rings. The highest BCUT2D eigenvalue weighted by Gasteiger charge is 2.65. The molecule has 8 atom stereocenters. The quantitative estimate of drug-likeness (QED) is 0.287. The molecule has 5 aliphatic carbocycles. The van der Waals surface area contributed by atoms with Crippen LogP contribution in [0.5, 0.6) is 0 Å². The van der Waals surface area contributed by atoms with Crippen LogP contribution in [0.2, 0.25) is 0 Å². The third-order valence-corrected chi connectivity index (χ3v) is 13.5. The first kappa shape index (κ1) is 27.3. The molecule has 4 saturated carbocycles. The van der Waals surface area contributed by atoms with Crippen molar-refractivity contribution in [1.82, 2.24) is 0 Å². The molecule has 2 heteroatoms. The van der Waals surface area contributed by atoms with Gasteiger partial charge in [-0.3, -0.25) is 0 Å². The predicted molar refractivity (Wildman–Crippen MR) is 161 cm³/mol. The smallest absolute Gasteiger partial charge is 0.337 e. The van der Waals surface area contributed by atoms with Crippen molar-refractivity contribution in [2.24, 2.45) is 51.2 Å². The average molecular weight is 529 g/mol. The maximum absolute atomic E-state index is 12.0. The van der Waals surface area contributed by atoms with E-state index in [9.17, 15) is 4.79 Å². The van der Waals surface area contributed by atoms with E-state index in [0.717, 1.165) is 23.7 Å². The second-order valence-corrected chi connectivity index (χ2v) is 15.2. The van der Waals surface area contributed by atoms with Crippen molar-refractivity contribution in [2.75, 3.05) is 7.11 Å². The predicted octanol–water partition coefficient (Wildman–Crippen LogP) is 9.90. The van der Waals surface area contributed by atoms with E-state index >= 15 is 0 Å². The van der Waals surface area contributed by atoms with Crippen molar-refractivity contribution in [2.45, 2.75) is 105 Å². The molecule has 1 aromatic carbocycles. The minimum atomic E-state index is -0.257. The lowest BCUT2D eigenvalue weighted by molar-refractivity contribution is -0.174. The first-order valence-corrected chi connectivity index (χ1v) is 16.2. The van der Waals surface area contributed by atoms with Crippen LogP contribution in [-0.4, -0.2) is 13.1 Å². The van der Waals surface area contributed by atoms with E-state index in [1.165, 1.54) is 88.9 Å². The molecule has 39 heavy (non-hydrogen) atoms. The first-order valence-electron chi connectivity index (χ1n) is 16.2. The van der Waals surface area contributed by atoms with Gasteiger partial charge in [0.1, 0.15) is 0 Å². The zero-order chi connectivity index (χ0) is 27.6. The number of rotatable bonds is 4. The summed E-state index contributed by atoms with van der Waals surface area (Å²) in [4.78, 5) is 12.0. The molecule has 212 valence electrons. The highest BCUT2D eigenvalue weighted by Crippen LogP contribution is 2.73. The molecule has 2 nitrogen and oxygen atoms in total. The Kier molecular flexibility index (Phi) is 6.75. The Balaban J connectivity index is 1.29. The van der Waals surface area contributed by atoms with E-state index < -0.39 is 0 Å². The van der Waals surface area contributed by atoms with E-state index in [1.54, 1.807) is 0 Å². The third kappa shape index (κ3) is 3.97. The summed E-state index contributed by atoms with van der Waals surface area (Å²) in [5.41, 5.74) is 4.89. The molecule has 7 unspecified atom stereocenters. The van der Waals surface area contributed by atoms with Crippen molar-refractivity contribution >= 4 is 11.5 Å². The van der Waals surface area contributed by atoms with E-state index in [1.807, 2.05) is 12.1 Å². The van der Waals surface area contributed by atoms with Crippen LogP contribution in [-0.2, 0) is 4.74 Å². The monoisotopic (exact) mass is 528 g/mol. The van der Waals surface area contributed by atoms with Gasteiger partial charge >= 0.3 is 5.97 Å². The summed E-state index contributed by atoms with van der Waals surface area (Å²) in [6, 6.07) is 8.16. The number of ether oxygens (including phenoxy) is 1. The summed E-state index contributed by atoms with van der Waals surface area (Å²) in [6.45, 7) is 12.8. The molecule has 0 N–H and O–H groups in total. The molecular formula is C37H52O2. The standard InChI is InChI=1S/C37H52O2/c1-7-8-20-37-21-9-10-30(37)27-15-16-32-35(4,29(27)18-24-37)23-19-31-34(2,3)28(17-22-36(31,32)5)25-11-13-26(14-12-25)33(38)39-6/h8,11-14,17,20,27,29-32H,7,9-10,15-16,18-19,21-24H2,1-6H3/b20-8-/t27?,29?,30-,31?,32?,35?,36?,37?/m1/s1. The number of fused-ring (bicyclic) bond motifs is 7. The van der Waals surface area contributed by atoms with Crippen LogP contribution in [0, 0.1) is 51.2 Å². The van der Waals surface area contributed by atoms with Crippen molar-refractivity contribution in [1.29, 1.82) is 0 Å². The molecule has 5 aliphatic rings. The number of hydrogen-bond acceptors (Lipinski definition) is 2. The van der Waals surface area contributed by atoms with Crippen LogP contribution in [0.15, 0.2) is 42.5 Å². The van der Waals surface area contributed by atoms with Crippen molar-refractivity contribution in [3.05, 3.63) is 53.6 Å². The van der Waals surface area contributed by atoms with Gasteiger partial charge < -0.3 is 4.74 Å². The Bertz CT molecular complexity index is 1160. The summed E-state index contributed by atoms with van der Waals surface area (Å²) < 4.78 is 4.93. The number of carbonyl (C=O) groups is 1. The Hall–Kier alpha value is -1.83. The van der Waals surface area contributed by atoms with Crippen LogP contribution in [0.3, 0.4) is 0 Å². The van der Waals surface area contributed by atoms with Gasteiger partial charge in [-0.1, -0.05) is 71.4 Å². The fourth-order valence-corrected chi connectivity index (χ4v) is 11.9. The summed E-state index contributed by atoms with van der Waals surface area (Å²) in [7, 11) is 1.45. The van der Waals surface area contributed by atoms with Crippen molar-refractivity contribution in [3.8, 4) is 0 Å². The van der Waals surface area contributed by atoms with Gasteiger partial charge in [-0.25, -0.2) is 4.79 Å². The lowest BCUT2D eigenvalue weighted by Crippen LogP contribution is -2.60. The number of carbonyl (C=O) groups excluding carboxylic acids is 1. The maximum Gasteiger partial charge on any atom is 0.337 e. The van der Waals surface area contributed by atoms with Gasteiger partial charge in [0.2, 0.25) is 0 Å². The number of hydrogen-bond donors (Lipinski definition) is 0. The van der Waals surface area contributed by atoms with Crippen molar-refractivity contribution < 1.29 is 9.53 Å². The SMILES string of the molecule is CC/C=C\C12CCC[C@@H]1C1CCC3C(C)(CCC4C(C)(C)C(c5ccc(C(=O)OC)cc5)=CCC43C)C1CC2. The van der Waals surface area contributed by atoms with E-state index in [2.05, 4.69) is 65.0 Å². The number of benzene rings is 1. The largest absolute Gasteiger partial charge is 0.465 e. The van der Waals surface area contributed by atoms with E-state index in [0.29, 0.717) is 27.7 Å². The molecule has 0 spiro atoms. The van der Waals surface area contributed by atoms with Gasteiger partial charge in [0.15, 0.2) is 0 Å². The number of allylic oxidation sites excluding steroid dienone is 4. The normalized spacial score (nSPS) is 42.6. The highest BCUT2D eigenvalue weighted by molar-refractivity contribution is 5.89. The van der Waals surface area contributed by atoms with E-state index in [4.69, 9.17) is 4.74 Å². The summed E-state index contributed by atoms with van der Waals surface area (Å²) in [5, 5.41) is 0. The second kappa shape index (κ2) is 9.63.